The Morgan fingerprint density at radius 2 is 1.63 bits per heavy atom. The molecule has 0 saturated carbocycles. The van der Waals surface area contributed by atoms with Gasteiger partial charge in [-0.2, -0.15) is 9.40 Å². The topological polar surface area (TPSA) is 128 Å². The molecular weight excluding hydrogens is 651 g/mol. The molecule has 14 heteroatoms. The maximum absolute atomic E-state index is 13.6. The van der Waals surface area contributed by atoms with E-state index >= 15 is 0 Å². The number of rotatable bonds is 10. The lowest BCUT2D eigenvalue weighted by molar-refractivity contribution is -0.165. The van der Waals surface area contributed by atoms with Gasteiger partial charge in [0.05, 0.1) is 22.4 Å². The molecule has 0 radical (unpaired) electrons. The van der Waals surface area contributed by atoms with Gasteiger partial charge in [-0.3, -0.25) is 14.5 Å². The second kappa shape index (κ2) is 15.3. The third-order valence-corrected chi connectivity index (χ3v) is 11.7. The fraction of sp³-hybridized carbons (Fsp3) is 0.656. The Labute approximate surface area is 285 Å². The fourth-order valence-electron chi connectivity index (χ4n) is 6.89. The van der Waals surface area contributed by atoms with Crippen LogP contribution in [0.15, 0.2) is 29.2 Å². The van der Waals surface area contributed by atoms with Crippen LogP contribution in [0.1, 0.15) is 76.2 Å². The van der Waals surface area contributed by atoms with Crippen molar-refractivity contribution in [1.82, 2.24) is 29.2 Å². The number of aliphatic hydroxyl groups excluding tert-OH is 1. The van der Waals surface area contributed by atoms with Crippen LogP contribution in [0.2, 0.25) is 0 Å². The van der Waals surface area contributed by atoms with Crippen molar-refractivity contribution in [3.8, 4) is 5.69 Å². The number of aliphatic hydroxyl groups is 1. The van der Waals surface area contributed by atoms with Crippen LogP contribution < -0.4 is 5.32 Å². The molecular formula is C32H50Cl2N6O5S. The number of aromatic nitrogens is 2. The van der Waals surface area contributed by atoms with Gasteiger partial charge in [-0.25, -0.2) is 13.1 Å². The fourth-order valence-corrected chi connectivity index (χ4v) is 8.41. The van der Waals surface area contributed by atoms with Gasteiger partial charge < -0.3 is 15.3 Å². The molecule has 2 atom stereocenters. The lowest BCUT2D eigenvalue weighted by Gasteiger charge is -2.52. The quantitative estimate of drug-likeness (QED) is 0.388. The van der Waals surface area contributed by atoms with Crippen molar-refractivity contribution < 1.29 is 23.1 Å². The van der Waals surface area contributed by atoms with E-state index < -0.39 is 27.7 Å². The Morgan fingerprint density at radius 1 is 1.02 bits per heavy atom. The highest BCUT2D eigenvalue weighted by Gasteiger charge is 2.54. The summed E-state index contributed by atoms with van der Waals surface area (Å²) >= 11 is 0. The number of nitrogens with zero attached hydrogens (tertiary/aromatic N) is 5. The molecule has 3 aliphatic rings. The van der Waals surface area contributed by atoms with Gasteiger partial charge in [0.15, 0.2) is 0 Å². The summed E-state index contributed by atoms with van der Waals surface area (Å²) < 4.78 is 29.3. The van der Waals surface area contributed by atoms with Crippen molar-refractivity contribution in [3.63, 3.8) is 0 Å². The second-order valence-electron chi connectivity index (χ2n) is 13.0. The molecule has 3 aliphatic heterocycles. The molecule has 2 aromatic rings. The van der Waals surface area contributed by atoms with Gasteiger partial charge in [-0.1, -0.05) is 27.2 Å². The summed E-state index contributed by atoms with van der Waals surface area (Å²) in [7, 11) is -3.48. The van der Waals surface area contributed by atoms with E-state index in [-0.39, 0.29) is 42.5 Å². The largest absolute Gasteiger partial charge is 0.390 e. The molecule has 3 fully saturated rings. The number of hydrogen-bond donors (Lipinski definition) is 2. The number of benzene rings is 1. The first-order chi connectivity index (χ1) is 20.9. The van der Waals surface area contributed by atoms with E-state index in [0.717, 1.165) is 48.3 Å². The van der Waals surface area contributed by atoms with Crippen LogP contribution in [0, 0.1) is 19.8 Å². The molecule has 2 N–H and O–H groups in total. The summed E-state index contributed by atoms with van der Waals surface area (Å²) in [5, 5.41) is 18.4. The molecule has 0 aliphatic carbocycles. The summed E-state index contributed by atoms with van der Waals surface area (Å²) in [5.41, 5.74) is 2.89. The zero-order chi connectivity index (χ0) is 31.8. The smallest absolute Gasteiger partial charge is 0.248 e. The van der Waals surface area contributed by atoms with Gasteiger partial charge in [-0.05, 0) is 76.1 Å². The van der Waals surface area contributed by atoms with Gasteiger partial charge in [-0.15, -0.1) is 24.8 Å². The Kier molecular flexibility index (Phi) is 12.7. The van der Waals surface area contributed by atoms with Gasteiger partial charge in [0.25, 0.3) is 0 Å². The summed E-state index contributed by atoms with van der Waals surface area (Å²) in [6.07, 6.45) is 3.63. The molecule has 0 unspecified atom stereocenters. The number of piperidine rings is 1. The Morgan fingerprint density at radius 3 is 2.20 bits per heavy atom. The molecule has 4 heterocycles. The first-order valence-corrected chi connectivity index (χ1v) is 17.5. The van der Waals surface area contributed by atoms with Crippen LogP contribution >= 0.6 is 24.8 Å². The first-order valence-electron chi connectivity index (χ1n) is 16.1. The zero-order valence-corrected chi connectivity index (χ0v) is 30.0. The van der Waals surface area contributed by atoms with E-state index in [4.69, 9.17) is 5.10 Å². The zero-order valence-electron chi connectivity index (χ0n) is 27.6. The van der Waals surface area contributed by atoms with Crippen LogP contribution in [-0.4, -0.2) is 99.6 Å². The van der Waals surface area contributed by atoms with Crippen molar-refractivity contribution >= 4 is 46.7 Å². The predicted octanol–water partition coefficient (Wildman–Crippen LogP) is 3.60. The van der Waals surface area contributed by atoms with Crippen LogP contribution in [-0.2, 0) is 26.2 Å². The average molecular weight is 702 g/mol. The minimum absolute atomic E-state index is 0. The number of piperazine rings is 1. The monoisotopic (exact) mass is 700 g/mol. The number of unbranched alkanes of at least 4 members (excludes halogenated alkanes) is 1. The average Bonchev–Trinajstić information content (AvgIpc) is 3.65. The number of carbonyl (C=O) groups is 2. The van der Waals surface area contributed by atoms with Crippen molar-refractivity contribution in [2.75, 3.05) is 32.7 Å². The number of amides is 2. The number of carbonyl (C=O) groups excluding carboxylic acids is 2. The van der Waals surface area contributed by atoms with Gasteiger partial charge in [0.1, 0.15) is 11.6 Å². The van der Waals surface area contributed by atoms with Gasteiger partial charge >= 0.3 is 0 Å². The number of halogens is 2. The highest BCUT2D eigenvalue weighted by Crippen LogP contribution is 2.35. The third-order valence-electron chi connectivity index (χ3n) is 9.81. The molecule has 1 aromatic carbocycles. The molecule has 5 rings (SSSR count). The predicted molar refractivity (Wildman–Crippen MR) is 182 cm³/mol. The number of likely N-dealkylation sites (tertiary alicyclic amines) is 1. The van der Waals surface area contributed by atoms with E-state index in [1.54, 1.807) is 21.3 Å². The van der Waals surface area contributed by atoms with Crippen LogP contribution in [0.3, 0.4) is 0 Å². The van der Waals surface area contributed by atoms with Crippen LogP contribution in [0.5, 0.6) is 0 Å². The lowest BCUT2D eigenvalue weighted by atomic mass is 9.80. The molecule has 258 valence electrons. The van der Waals surface area contributed by atoms with Crippen LogP contribution in [0.25, 0.3) is 5.69 Å². The highest BCUT2D eigenvalue weighted by atomic mass is 35.5. The summed E-state index contributed by atoms with van der Waals surface area (Å²) in [4.78, 5) is 31.6. The minimum Gasteiger partial charge on any atom is -0.390 e. The molecule has 2 amide bonds. The SMILES string of the molecule is CCCCN1C(=O)[C@@H]([C@H](O)C(C)C)NC(=O)C12CCN(Cc1c(C)nn(-c3ccc(S(=O)(=O)N4CCCC4)cc3)c1C)CC2.Cl.Cl. The minimum atomic E-state index is -3.48. The van der Waals surface area contributed by atoms with E-state index in [1.165, 1.54) is 0 Å². The Balaban J connectivity index is 0.00000288. The molecule has 1 aromatic heterocycles. The Hall–Kier alpha value is -2.22. The van der Waals surface area contributed by atoms with E-state index in [9.17, 15) is 23.1 Å². The normalized spacial score (nSPS) is 21.3. The number of hydrogen-bond acceptors (Lipinski definition) is 7. The first kappa shape index (κ1) is 38.2. The molecule has 0 bridgehead atoms. The number of nitrogens with one attached hydrogen (secondary N) is 1. The van der Waals surface area contributed by atoms with Crippen molar-refractivity contribution in [3.05, 3.63) is 41.2 Å². The third kappa shape index (κ3) is 7.12. The van der Waals surface area contributed by atoms with Crippen molar-refractivity contribution in [2.24, 2.45) is 5.92 Å². The van der Waals surface area contributed by atoms with Crippen molar-refractivity contribution in [1.29, 1.82) is 0 Å². The standard InChI is InChI=1S/C32H48N6O5S.2ClH/c1-6-7-18-37-30(40)28(29(39)22(2)3)33-31(41)32(37)14-19-35(20-15-32)21-27-23(4)34-38(24(27)5)25-10-12-26(13-11-25)44(42,43)36-16-8-9-17-36;;/h10-13,22,28-29,39H,6-9,14-21H2,1-5H3,(H,33,41);2*1H/t28-,29-;;/m1../s1. The number of sulfonamides is 1. The second-order valence-corrected chi connectivity index (χ2v) is 14.9. The lowest BCUT2D eigenvalue weighted by Crippen LogP contribution is -2.74. The van der Waals surface area contributed by atoms with Crippen LogP contribution in [0.4, 0.5) is 0 Å². The molecule has 1 spiro atoms. The molecule has 11 nitrogen and oxygen atoms in total. The summed E-state index contributed by atoms with van der Waals surface area (Å²) in [6.45, 7) is 13.4. The Bertz CT molecular complexity index is 1470. The van der Waals surface area contributed by atoms with Crippen molar-refractivity contribution in [2.45, 2.75) is 102 Å². The van der Waals surface area contributed by atoms with E-state index in [1.807, 2.05) is 44.5 Å². The van der Waals surface area contributed by atoms with Gasteiger partial charge in [0.2, 0.25) is 21.8 Å². The summed E-state index contributed by atoms with van der Waals surface area (Å²) in [6, 6.07) is 6.03. The van der Waals surface area contributed by atoms with E-state index in [2.05, 4.69) is 17.1 Å². The molecule has 46 heavy (non-hydrogen) atoms. The maximum atomic E-state index is 13.6. The maximum Gasteiger partial charge on any atom is 0.248 e. The van der Waals surface area contributed by atoms with Gasteiger partial charge in [0, 0.05) is 50.5 Å². The number of aryl methyl sites for hydroxylation is 1. The highest BCUT2D eigenvalue weighted by molar-refractivity contribution is 7.89. The molecule has 3 saturated heterocycles. The summed E-state index contributed by atoms with van der Waals surface area (Å²) in [5.74, 6) is -0.491. The van der Waals surface area contributed by atoms with E-state index in [0.29, 0.717) is 57.0 Å².